The summed E-state index contributed by atoms with van der Waals surface area (Å²) in [5.74, 6) is 1.56. The molecule has 0 aliphatic carbocycles. The number of likely N-dealkylation sites (tertiary alicyclic amines) is 1. The summed E-state index contributed by atoms with van der Waals surface area (Å²) in [6, 6.07) is 7.00. The molecule has 1 aliphatic rings. The van der Waals surface area contributed by atoms with E-state index < -0.39 is 0 Å². The van der Waals surface area contributed by atoms with Gasteiger partial charge in [-0.25, -0.2) is 0 Å². The summed E-state index contributed by atoms with van der Waals surface area (Å²) in [5.41, 5.74) is 7.10. The molecule has 1 aromatic rings. The molecule has 0 radical (unpaired) electrons. The van der Waals surface area contributed by atoms with Gasteiger partial charge in [-0.3, -0.25) is 4.90 Å². The van der Waals surface area contributed by atoms with E-state index in [0.717, 1.165) is 24.6 Å². The Labute approximate surface area is 115 Å². The van der Waals surface area contributed by atoms with Crippen LogP contribution < -0.4 is 15.2 Å². The van der Waals surface area contributed by atoms with Gasteiger partial charge >= 0.3 is 0 Å². The molecule has 0 aromatic heterocycles. The molecule has 4 heteroatoms. The highest BCUT2D eigenvalue weighted by Crippen LogP contribution is 2.34. The summed E-state index contributed by atoms with van der Waals surface area (Å²) in [5, 5.41) is 0. The fourth-order valence-electron chi connectivity index (χ4n) is 2.93. The van der Waals surface area contributed by atoms with E-state index in [1.807, 2.05) is 6.07 Å². The van der Waals surface area contributed by atoms with Crippen molar-refractivity contribution in [2.24, 2.45) is 5.73 Å². The van der Waals surface area contributed by atoms with E-state index in [2.05, 4.69) is 24.0 Å². The van der Waals surface area contributed by atoms with E-state index in [4.69, 9.17) is 15.2 Å². The van der Waals surface area contributed by atoms with Crippen molar-refractivity contribution in [3.8, 4) is 11.5 Å². The molecule has 2 N–H and O–H groups in total. The lowest BCUT2D eigenvalue weighted by Gasteiger charge is -2.30. The van der Waals surface area contributed by atoms with Crippen molar-refractivity contribution in [1.82, 2.24) is 4.90 Å². The molecule has 2 atom stereocenters. The van der Waals surface area contributed by atoms with Crippen LogP contribution in [0.3, 0.4) is 0 Å². The zero-order valence-electron chi connectivity index (χ0n) is 12.1. The maximum Gasteiger partial charge on any atom is 0.161 e. The van der Waals surface area contributed by atoms with Crippen LogP contribution in [-0.2, 0) is 0 Å². The molecule has 2 unspecified atom stereocenters. The molecule has 19 heavy (non-hydrogen) atoms. The normalized spacial score (nSPS) is 21.4. The zero-order valence-corrected chi connectivity index (χ0v) is 12.1. The maximum atomic E-state index is 5.86. The van der Waals surface area contributed by atoms with Gasteiger partial charge in [-0.05, 0) is 44.0 Å². The summed E-state index contributed by atoms with van der Waals surface area (Å²) in [4.78, 5) is 2.49. The third kappa shape index (κ3) is 2.85. The van der Waals surface area contributed by atoms with E-state index in [1.54, 1.807) is 14.2 Å². The van der Waals surface area contributed by atoms with Crippen LogP contribution in [0, 0.1) is 0 Å². The highest BCUT2D eigenvalue weighted by atomic mass is 16.5. The highest BCUT2D eigenvalue weighted by Gasteiger charge is 2.28. The Morgan fingerprint density at radius 3 is 2.68 bits per heavy atom. The van der Waals surface area contributed by atoms with Crippen LogP contribution in [0.2, 0.25) is 0 Å². The van der Waals surface area contributed by atoms with Gasteiger partial charge in [-0.15, -0.1) is 0 Å². The number of methoxy groups -OCH3 is 2. The minimum absolute atomic E-state index is 0.357. The number of hydrogen-bond donors (Lipinski definition) is 1. The van der Waals surface area contributed by atoms with Crippen molar-refractivity contribution in [3.05, 3.63) is 23.8 Å². The van der Waals surface area contributed by atoms with Gasteiger partial charge in [0.2, 0.25) is 0 Å². The second-order valence-corrected chi connectivity index (χ2v) is 5.06. The standard InChI is InChI=1S/C15H24N2O2/c1-11(17-8-4-5-13(17)10-16)12-6-7-14(18-2)15(9-12)19-3/h6-7,9,11,13H,4-5,8,10,16H2,1-3H3. The smallest absolute Gasteiger partial charge is 0.161 e. The Bertz CT molecular complexity index is 423. The second kappa shape index (κ2) is 6.26. The van der Waals surface area contributed by atoms with Gasteiger partial charge in [0.05, 0.1) is 14.2 Å². The molecule has 0 bridgehead atoms. The first-order valence-corrected chi connectivity index (χ1v) is 6.89. The van der Waals surface area contributed by atoms with Crippen molar-refractivity contribution in [3.63, 3.8) is 0 Å². The van der Waals surface area contributed by atoms with Crippen LogP contribution in [0.15, 0.2) is 18.2 Å². The topological polar surface area (TPSA) is 47.7 Å². The molecule has 0 saturated carbocycles. The predicted octanol–water partition coefficient (Wildman–Crippen LogP) is 2.19. The van der Waals surface area contributed by atoms with Gasteiger partial charge in [0, 0.05) is 18.6 Å². The Morgan fingerprint density at radius 1 is 1.32 bits per heavy atom. The second-order valence-electron chi connectivity index (χ2n) is 5.06. The van der Waals surface area contributed by atoms with Gasteiger partial charge in [0.15, 0.2) is 11.5 Å². The molecule has 106 valence electrons. The number of nitrogens with zero attached hydrogens (tertiary/aromatic N) is 1. The maximum absolute atomic E-state index is 5.86. The summed E-state index contributed by atoms with van der Waals surface area (Å²) in [7, 11) is 3.33. The Kier molecular flexibility index (Phi) is 4.66. The molecule has 1 aliphatic heterocycles. The molecule has 1 heterocycles. The Morgan fingerprint density at radius 2 is 2.05 bits per heavy atom. The van der Waals surface area contributed by atoms with E-state index in [0.29, 0.717) is 12.1 Å². The molecule has 1 fully saturated rings. The Balaban J connectivity index is 2.21. The lowest BCUT2D eigenvalue weighted by Crippen LogP contribution is -2.37. The third-order valence-corrected chi connectivity index (χ3v) is 4.08. The van der Waals surface area contributed by atoms with E-state index >= 15 is 0 Å². The van der Waals surface area contributed by atoms with Crippen molar-refractivity contribution < 1.29 is 9.47 Å². The number of ether oxygens (including phenoxy) is 2. The lowest BCUT2D eigenvalue weighted by molar-refractivity contribution is 0.196. The van der Waals surface area contributed by atoms with Crippen LogP contribution in [0.5, 0.6) is 11.5 Å². The van der Waals surface area contributed by atoms with Gasteiger partial charge in [-0.2, -0.15) is 0 Å². The molecule has 1 saturated heterocycles. The number of hydrogen-bond acceptors (Lipinski definition) is 4. The minimum Gasteiger partial charge on any atom is -0.493 e. The molecule has 0 spiro atoms. The summed E-state index contributed by atoms with van der Waals surface area (Å²) < 4.78 is 10.7. The van der Waals surface area contributed by atoms with Crippen LogP contribution in [0.4, 0.5) is 0 Å². The van der Waals surface area contributed by atoms with Crippen LogP contribution >= 0.6 is 0 Å². The average Bonchev–Trinajstić information content (AvgIpc) is 2.94. The number of benzene rings is 1. The van der Waals surface area contributed by atoms with Gasteiger partial charge < -0.3 is 15.2 Å². The first-order chi connectivity index (χ1) is 9.21. The predicted molar refractivity (Wildman–Crippen MR) is 76.7 cm³/mol. The first kappa shape index (κ1) is 14.2. The van der Waals surface area contributed by atoms with E-state index in [9.17, 15) is 0 Å². The average molecular weight is 264 g/mol. The summed E-state index contributed by atoms with van der Waals surface area (Å²) in [6.45, 7) is 4.09. The quantitative estimate of drug-likeness (QED) is 0.885. The SMILES string of the molecule is COc1ccc(C(C)N2CCCC2CN)cc1OC. The zero-order chi connectivity index (χ0) is 13.8. The van der Waals surface area contributed by atoms with Crippen LogP contribution in [0.1, 0.15) is 31.4 Å². The minimum atomic E-state index is 0.357. The fourth-order valence-corrected chi connectivity index (χ4v) is 2.93. The van der Waals surface area contributed by atoms with Crippen LogP contribution in [-0.4, -0.2) is 38.3 Å². The van der Waals surface area contributed by atoms with E-state index in [-0.39, 0.29) is 0 Å². The third-order valence-electron chi connectivity index (χ3n) is 4.08. The molecular formula is C15H24N2O2. The summed E-state index contributed by atoms with van der Waals surface area (Å²) in [6.07, 6.45) is 2.44. The monoisotopic (exact) mass is 264 g/mol. The fraction of sp³-hybridized carbons (Fsp3) is 0.600. The first-order valence-electron chi connectivity index (χ1n) is 6.89. The highest BCUT2D eigenvalue weighted by molar-refractivity contribution is 5.43. The molecule has 4 nitrogen and oxygen atoms in total. The van der Waals surface area contributed by atoms with Crippen molar-refractivity contribution in [2.75, 3.05) is 27.3 Å². The summed E-state index contributed by atoms with van der Waals surface area (Å²) >= 11 is 0. The largest absolute Gasteiger partial charge is 0.493 e. The van der Waals surface area contributed by atoms with Crippen LogP contribution in [0.25, 0.3) is 0 Å². The molecular weight excluding hydrogens is 240 g/mol. The van der Waals surface area contributed by atoms with Crippen molar-refractivity contribution >= 4 is 0 Å². The molecule has 2 rings (SSSR count). The van der Waals surface area contributed by atoms with Gasteiger partial charge in [0.25, 0.3) is 0 Å². The molecule has 0 amide bonds. The van der Waals surface area contributed by atoms with Crippen molar-refractivity contribution in [2.45, 2.75) is 31.8 Å². The van der Waals surface area contributed by atoms with E-state index in [1.165, 1.54) is 18.4 Å². The number of nitrogens with two attached hydrogens (primary N) is 1. The van der Waals surface area contributed by atoms with Crippen molar-refractivity contribution in [1.29, 1.82) is 0 Å². The molecule has 1 aromatic carbocycles. The lowest BCUT2D eigenvalue weighted by atomic mass is 10.1. The number of rotatable bonds is 5. The Hall–Kier alpha value is -1.26. The van der Waals surface area contributed by atoms with Gasteiger partial charge in [-0.1, -0.05) is 6.07 Å². The van der Waals surface area contributed by atoms with Gasteiger partial charge in [0.1, 0.15) is 0 Å².